The van der Waals surface area contributed by atoms with Crippen LogP contribution in [0.2, 0.25) is 0 Å². The highest BCUT2D eigenvalue weighted by Crippen LogP contribution is 2.30. The molecule has 3 rings (SSSR count). The quantitative estimate of drug-likeness (QED) is 0.871. The smallest absolute Gasteiger partial charge is 0.243 e. The first-order valence-electron chi connectivity index (χ1n) is 7.14. The number of hydrogen-bond donors (Lipinski definition) is 0. The summed E-state index contributed by atoms with van der Waals surface area (Å²) in [6.45, 7) is 2.38. The van der Waals surface area contributed by atoms with Crippen LogP contribution in [0.5, 0.6) is 0 Å². The minimum Gasteiger partial charge on any atom is -0.449 e. The lowest BCUT2D eigenvalue weighted by Crippen LogP contribution is -2.38. The van der Waals surface area contributed by atoms with Gasteiger partial charge in [-0.1, -0.05) is 0 Å². The molecule has 2 heterocycles. The maximum absolute atomic E-state index is 13.3. The van der Waals surface area contributed by atoms with Crippen LogP contribution >= 0.6 is 0 Å². The van der Waals surface area contributed by atoms with E-state index < -0.39 is 15.8 Å². The summed E-state index contributed by atoms with van der Waals surface area (Å²) in [5.41, 5.74) is 0.329. The lowest BCUT2D eigenvalue weighted by Gasteiger charge is -2.29. The van der Waals surface area contributed by atoms with Crippen LogP contribution in [0.1, 0.15) is 30.2 Å². The number of halogens is 1. The predicted molar refractivity (Wildman–Crippen MR) is 78.4 cm³/mol. The predicted octanol–water partition coefficient (Wildman–Crippen LogP) is 2.69. The minimum atomic E-state index is -3.58. The first kappa shape index (κ1) is 15.2. The van der Waals surface area contributed by atoms with Gasteiger partial charge in [0, 0.05) is 19.0 Å². The number of benzene rings is 1. The van der Waals surface area contributed by atoms with Crippen molar-refractivity contribution >= 4 is 10.0 Å². The number of aromatic nitrogens is 1. The van der Waals surface area contributed by atoms with Crippen LogP contribution < -0.4 is 0 Å². The summed E-state index contributed by atoms with van der Waals surface area (Å²) in [4.78, 5) is 4.27. The molecule has 1 aliphatic rings. The Bertz CT molecular complexity index is 751. The van der Waals surface area contributed by atoms with E-state index in [1.54, 1.807) is 13.1 Å². The molecular formula is C15H17FN2O3S. The van der Waals surface area contributed by atoms with Crippen LogP contribution in [0.4, 0.5) is 4.39 Å². The van der Waals surface area contributed by atoms with Gasteiger partial charge < -0.3 is 4.42 Å². The van der Waals surface area contributed by atoms with Gasteiger partial charge in [0.2, 0.25) is 10.0 Å². The van der Waals surface area contributed by atoms with Gasteiger partial charge in [0.05, 0.1) is 11.1 Å². The van der Waals surface area contributed by atoms with Crippen LogP contribution in [0, 0.1) is 12.7 Å². The van der Waals surface area contributed by atoms with Crippen molar-refractivity contribution in [1.29, 1.82) is 0 Å². The zero-order valence-electron chi connectivity index (χ0n) is 12.2. The van der Waals surface area contributed by atoms with E-state index in [2.05, 4.69) is 4.98 Å². The maximum atomic E-state index is 13.3. The monoisotopic (exact) mass is 324 g/mol. The van der Waals surface area contributed by atoms with Gasteiger partial charge in [-0.3, -0.25) is 0 Å². The van der Waals surface area contributed by atoms with Gasteiger partial charge in [0.25, 0.3) is 0 Å². The second kappa shape index (κ2) is 5.81. The SMILES string of the molecule is Cc1cc(S(=O)(=O)N2CCC(c3ncco3)CC2)ccc1F. The molecule has 0 N–H and O–H groups in total. The number of sulfonamides is 1. The summed E-state index contributed by atoms with van der Waals surface area (Å²) in [6, 6.07) is 3.89. The van der Waals surface area contributed by atoms with E-state index in [9.17, 15) is 12.8 Å². The van der Waals surface area contributed by atoms with Crippen molar-refractivity contribution in [3.63, 3.8) is 0 Å². The van der Waals surface area contributed by atoms with Crippen LogP contribution in [-0.2, 0) is 10.0 Å². The Hall–Kier alpha value is -1.73. The molecule has 1 saturated heterocycles. The fraction of sp³-hybridized carbons (Fsp3) is 0.400. The fourth-order valence-electron chi connectivity index (χ4n) is 2.71. The van der Waals surface area contributed by atoms with Crippen LogP contribution in [0.25, 0.3) is 0 Å². The maximum Gasteiger partial charge on any atom is 0.243 e. The van der Waals surface area contributed by atoms with Crippen molar-refractivity contribution in [3.05, 3.63) is 47.9 Å². The van der Waals surface area contributed by atoms with E-state index in [1.807, 2.05) is 0 Å². The van der Waals surface area contributed by atoms with E-state index in [4.69, 9.17) is 4.42 Å². The Labute approximate surface area is 128 Å². The Balaban J connectivity index is 1.75. The molecule has 0 aliphatic carbocycles. The zero-order valence-corrected chi connectivity index (χ0v) is 13.0. The number of nitrogens with zero attached hydrogens (tertiary/aromatic N) is 2. The average Bonchev–Trinajstić information content (AvgIpc) is 3.04. The lowest BCUT2D eigenvalue weighted by molar-refractivity contribution is 0.290. The lowest BCUT2D eigenvalue weighted by atomic mass is 9.98. The highest BCUT2D eigenvalue weighted by atomic mass is 32.2. The molecular weight excluding hydrogens is 307 g/mol. The molecule has 22 heavy (non-hydrogen) atoms. The molecule has 0 amide bonds. The van der Waals surface area contributed by atoms with E-state index in [0.717, 1.165) is 0 Å². The fourth-order valence-corrected chi connectivity index (χ4v) is 4.26. The topological polar surface area (TPSA) is 63.4 Å². The summed E-state index contributed by atoms with van der Waals surface area (Å²) in [6.07, 6.45) is 4.46. The van der Waals surface area contributed by atoms with Crippen molar-refractivity contribution in [2.45, 2.75) is 30.6 Å². The number of hydrogen-bond acceptors (Lipinski definition) is 4. The summed E-state index contributed by atoms with van der Waals surface area (Å²) < 4.78 is 45.3. The molecule has 1 aliphatic heterocycles. The molecule has 1 fully saturated rings. The Morgan fingerprint density at radius 2 is 2.05 bits per heavy atom. The molecule has 5 nitrogen and oxygen atoms in total. The van der Waals surface area contributed by atoms with E-state index in [-0.39, 0.29) is 10.8 Å². The summed E-state index contributed by atoms with van der Waals surface area (Å²) >= 11 is 0. The van der Waals surface area contributed by atoms with Gasteiger partial charge in [-0.2, -0.15) is 4.31 Å². The summed E-state index contributed by atoms with van der Waals surface area (Å²) in [5, 5.41) is 0. The normalized spacial score (nSPS) is 17.7. The molecule has 0 saturated carbocycles. The van der Waals surface area contributed by atoms with Gasteiger partial charge >= 0.3 is 0 Å². The van der Waals surface area contributed by atoms with Crippen LogP contribution in [-0.4, -0.2) is 30.8 Å². The van der Waals surface area contributed by atoms with Crippen LogP contribution in [0.3, 0.4) is 0 Å². The van der Waals surface area contributed by atoms with Crippen molar-refractivity contribution in [3.8, 4) is 0 Å². The molecule has 0 bridgehead atoms. The van der Waals surface area contributed by atoms with Crippen molar-refractivity contribution in [1.82, 2.24) is 9.29 Å². The highest BCUT2D eigenvalue weighted by molar-refractivity contribution is 7.89. The summed E-state index contributed by atoms with van der Waals surface area (Å²) in [7, 11) is -3.58. The molecule has 0 atom stereocenters. The molecule has 1 aromatic carbocycles. The molecule has 0 spiro atoms. The molecule has 7 heteroatoms. The van der Waals surface area contributed by atoms with E-state index in [1.165, 1.54) is 28.8 Å². The largest absolute Gasteiger partial charge is 0.449 e. The van der Waals surface area contributed by atoms with Gasteiger partial charge in [-0.05, 0) is 43.5 Å². The third-order valence-corrected chi connectivity index (χ3v) is 5.92. The van der Waals surface area contributed by atoms with Crippen LogP contribution in [0.15, 0.2) is 40.0 Å². The van der Waals surface area contributed by atoms with Gasteiger partial charge in [0.15, 0.2) is 5.89 Å². The van der Waals surface area contributed by atoms with E-state index in [0.29, 0.717) is 37.4 Å². The molecule has 0 unspecified atom stereocenters. The zero-order chi connectivity index (χ0) is 15.7. The molecule has 118 valence electrons. The number of piperidine rings is 1. The second-order valence-corrected chi connectivity index (χ2v) is 7.40. The van der Waals surface area contributed by atoms with Crippen molar-refractivity contribution < 1.29 is 17.2 Å². The summed E-state index contributed by atoms with van der Waals surface area (Å²) in [5.74, 6) is 0.410. The standard InChI is InChI=1S/C15H17FN2O3S/c1-11-10-13(2-3-14(11)16)22(19,20)18-7-4-12(5-8-18)15-17-6-9-21-15/h2-3,6,9-10,12H,4-5,7-8H2,1H3. The van der Waals surface area contributed by atoms with Crippen molar-refractivity contribution in [2.75, 3.05) is 13.1 Å². The second-order valence-electron chi connectivity index (χ2n) is 5.46. The Kier molecular flexibility index (Phi) is 4.01. The highest BCUT2D eigenvalue weighted by Gasteiger charge is 2.31. The number of rotatable bonds is 3. The minimum absolute atomic E-state index is 0.140. The third-order valence-electron chi connectivity index (χ3n) is 4.02. The van der Waals surface area contributed by atoms with Crippen molar-refractivity contribution in [2.24, 2.45) is 0 Å². The molecule has 2 aromatic rings. The number of aryl methyl sites for hydroxylation is 1. The van der Waals surface area contributed by atoms with Gasteiger partial charge in [0.1, 0.15) is 12.1 Å². The Morgan fingerprint density at radius 1 is 1.32 bits per heavy atom. The Morgan fingerprint density at radius 3 is 2.64 bits per heavy atom. The van der Waals surface area contributed by atoms with E-state index >= 15 is 0 Å². The number of oxazole rings is 1. The molecule has 1 aromatic heterocycles. The third kappa shape index (κ3) is 2.78. The average molecular weight is 324 g/mol. The molecule has 0 radical (unpaired) electrons. The van der Waals surface area contributed by atoms with Gasteiger partial charge in [-0.15, -0.1) is 0 Å². The first-order valence-corrected chi connectivity index (χ1v) is 8.58. The first-order chi connectivity index (χ1) is 10.5. The van der Waals surface area contributed by atoms with Gasteiger partial charge in [-0.25, -0.2) is 17.8 Å².